The number of rotatable bonds is 5. The van der Waals surface area contributed by atoms with Crippen molar-refractivity contribution < 1.29 is 4.74 Å². The number of aromatic nitrogens is 2. The molecule has 1 aromatic rings. The summed E-state index contributed by atoms with van der Waals surface area (Å²) >= 11 is 0. The van der Waals surface area contributed by atoms with E-state index in [1.807, 2.05) is 10.8 Å². The zero-order valence-electron chi connectivity index (χ0n) is 7.65. The lowest BCUT2D eigenvalue weighted by molar-refractivity contribution is 0.117. The second-order valence-corrected chi connectivity index (χ2v) is 3.50. The number of nitrogens with zero attached hydrogens (tertiary/aromatic N) is 2. The minimum Gasteiger partial charge on any atom is -0.379 e. The van der Waals surface area contributed by atoms with Gasteiger partial charge in [-0.3, -0.25) is 0 Å². The highest BCUT2D eigenvalue weighted by atomic mass is 16.5. The molecule has 0 bridgehead atoms. The van der Waals surface area contributed by atoms with E-state index in [2.05, 4.69) is 4.98 Å². The van der Waals surface area contributed by atoms with E-state index in [9.17, 15) is 0 Å². The summed E-state index contributed by atoms with van der Waals surface area (Å²) in [6.07, 6.45) is 6.26. The van der Waals surface area contributed by atoms with Crippen molar-refractivity contribution in [3.8, 4) is 0 Å². The average molecular weight is 181 g/mol. The first-order valence-corrected chi connectivity index (χ1v) is 4.70. The van der Waals surface area contributed by atoms with Crippen LogP contribution in [0.15, 0.2) is 12.4 Å². The molecule has 0 aromatic carbocycles. The molecule has 1 fully saturated rings. The van der Waals surface area contributed by atoms with E-state index < -0.39 is 0 Å². The summed E-state index contributed by atoms with van der Waals surface area (Å²) in [5.41, 5.74) is 5.59. The Balaban J connectivity index is 1.64. The van der Waals surface area contributed by atoms with Gasteiger partial charge in [0.05, 0.1) is 6.61 Å². The Kier molecular flexibility index (Phi) is 2.49. The lowest BCUT2D eigenvalue weighted by Gasteiger charge is -2.05. The Labute approximate surface area is 77.7 Å². The molecule has 0 amide bonds. The summed E-state index contributed by atoms with van der Waals surface area (Å²) in [5.74, 6) is 1.40. The predicted molar refractivity (Wildman–Crippen MR) is 50.2 cm³/mol. The molecule has 2 N–H and O–H groups in total. The highest BCUT2D eigenvalue weighted by Gasteiger charge is 2.20. The zero-order valence-corrected chi connectivity index (χ0v) is 7.65. The third kappa shape index (κ3) is 2.45. The van der Waals surface area contributed by atoms with Gasteiger partial charge in [-0.25, -0.2) is 4.98 Å². The molecule has 1 aromatic heterocycles. The molecule has 0 saturated heterocycles. The van der Waals surface area contributed by atoms with Crippen LogP contribution in [0.3, 0.4) is 0 Å². The van der Waals surface area contributed by atoms with E-state index in [0.717, 1.165) is 25.7 Å². The van der Waals surface area contributed by atoms with Crippen molar-refractivity contribution in [1.82, 2.24) is 9.55 Å². The van der Waals surface area contributed by atoms with Crippen LogP contribution >= 0.6 is 0 Å². The summed E-state index contributed by atoms with van der Waals surface area (Å²) in [6, 6.07) is 0. The lowest BCUT2D eigenvalue weighted by Crippen LogP contribution is -2.09. The SMILES string of the molecule is Nc1nccn1CCOCC1CC1. The Hall–Kier alpha value is -1.03. The van der Waals surface area contributed by atoms with Crippen LogP contribution in [-0.2, 0) is 11.3 Å². The summed E-state index contributed by atoms with van der Waals surface area (Å²) < 4.78 is 7.38. The molecule has 0 radical (unpaired) electrons. The third-order valence-electron chi connectivity index (χ3n) is 2.27. The van der Waals surface area contributed by atoms with Gasteiger partial charge in [-0.1, -0.05) is 0 Å². The van der Waals surface area contributed by atoms with Crippen LogP contribution in [0.25, 0.3) is 0 Å². The first-order valence-electron chi connectivity index (χ1n) is 4.70. The van der Waals surface area contributed by atoms with Gasteiger partial charge in [-0.2, -0.15) is 0 Å². The number of hydrogen-bond donors (Lipinski definition) is 1. The van der Waals surface area contributed by atoms with Gasteiger partial charge in [0.25, 0.3) is 0 Å². The highest BCUT2D eigenvalue weighted by molar-refractivity contribution is 5.16. The number of imidazole rings is 1. The smallest absolute Gasteiger partial charge is 0.200 e. The fraction of sp³-hybridized carbons (Fsp3) is 0.667. The van der Waals surface area contributed by atoms with E-state index in [1.54, 1.807) is 6.20 Å². The summed E-state index contributed by atoms with van der Waals surface area (Å²) in [6.45, 7) is 2.45. The van der Waals surface area contributed by atoms with Gasteiger partial charge in [0.1, 0.15) is 0 Å². The number of ether oxygens (including phenoxy) is 1. The first kappa shape index (κ1) is 8.56. The van der Waals surface area contributed by atoms with Crippen LogP contribution in [0.4, 0.5) is 5.95 Å². The minimum absolute atomic E-state index is 0.565. The summed E-state index contributed by atoms with van der Waals surface area (Å²) in [7, 11) is 0. The fourth-order valence-corrected chi connectivity index (χ4v) is 1.23. The first-order chi connectivity index (χ1) is 6.36. The summed E-state index contributed by atoms with van der Waals surface area (Å²) in [4.78, 5) is 3.93. The molecule has 13 heavy (non-hydrogen) atoms. The molecule has 1 aliphatic carbocycles. The van der Waals surface area contributed by atoms with Gasteiger partial charge in [-0.05, 0) is 18.8 Å². The largest absolute Gasteiger partial charge is 0.379 e. The van der Waals surface area contributed by atoms with Crippen molar-refractivity contribution in [3.05, 3.63) is 12.4 Å². The maximum Gasteiger partial charge on any atom is 0.200 e. The van der Waals surface area contributed by atoms with Gasteiger partial charge in [0.15, 0.2) is 5.95 Å². The zero-order chi connectivity index (χ0) is 9.10. The van der Waals surface area contributed by atoms with Gasteiger partial charge in [0, 0.05) is 25.5 Å². The van der Waals surface area contributed by atoms with Crippen LogP contribution < -0.4 is 5.73 Å². The Morgan fingerprint density at radius 2 is 2.46 bits per heavy atom. The number of anilines is 1. The molecule has 1 aliphatic rings. The molecule has 4 nitrogen and oxygen atoms in total. The van der Waals surface area contributed by atoms with Crippen molar-refractivity contribution in [1.29, 1.82) is 0 Å². The number of hydrogen-bond acceptors (Lipinski definition) is 3. The standard InChI is InChI=1S/C9H15N3O/c10-9-11-3-4-12(9)5-6-13-7-8-1-2-8/h3-4,8H,1-2,5-7H2,(H2,10,11). The predicted octanol–water partition coefficient (Wildman–Crippen LogP) is 0.892. The van der Waals surface area contributed by atoms with E-state index in [1.165, 1.54) is 12.8 Å². The number of nitrogen functional groups attached to an aromatic ring is 1. The third-order valence-corrected chi connectivity index (χ3v) is 2.27. The highest BCUT2D eigenvalue weighted by Crippen LogP contribution is 2.28. The summed E-state index contributed by atoms with van der Waals surface area (Å²) in [5, 5.41) is 0. The van der Waals surface area contributed by atoms with Crippen LogP contribution in [0.5, 0.6) is 0 Å². The van der Waals surface area contributed by atoms with Gasteiger partial charge in [0.2, 0.25) is 0 Å². The molecule has 72 valence electrons. The van der Waals surface area contributed by atoms with Crippen LogP contribution in [0.2, 0.25) is 0 Å². The maximum absolute atomic E-state index is 5.59. The maximum atomic E-state index is 5.59. The van der Waals surface area contributed by atoms with Crippen molar-refractivity contribution in [2.24, 2.45) is 5.92 Å². The fourth-order valence-electron chi connectivity index (χ4n) is 1.23. The number of nitrogens with two attached hydrogens (primary N) is 1. The Morgan fingerprint density at radius 1 is 1.62 bits per heavy atom. The van der Waals surface area contributed by atoms with Crippen molar-refractivity contribution in [2.45, 2.75) is 19.4 Å². The molecule has 1 saturated carbocycles. The van der Waals surface area contributed by atoms with E-state index in [-0.39, 0.29) is 0 Å². The molecule has 0 aliphatic heterocycles. The minimum atomic E-state index is 0.565. The van der Waals surface area contributed by atoms with Crippen LogP contribution in [0.1, 0.15) is 12.8 Å². The molecule has 0 unspecified atom stereocenters. The van der Waals surface area contributed by atoms with Crippen LogP contribution in [-0.4, -0.2) is 22.8 Å². The Morgan fingerprint density at radius 3 is 3.08 bits per heavy atom. The lowest BCUT2D eigenvalue weighted by atomic mass is 10.5. The quantitative estimate of drug-likeness (QED) is 0.686. The van der Waals surface area contributed by atoms with E-state index in [0.29, 0.717) is 5.95 Å². The monoisotopic (exact) mass is 181 g/mol. The average Bonchev–Trinajstić information content (AvgIpc) is 2.86. The van der Waals surface area contributed by atoms with Crippen molar-refractivity contribution in [3.63, 3.8) is 0 Å². The van der Waals surface area contributed by atoms with Gasteiger partial charge >= 0.3 is 0 Å². The van der Waals surface area contributed by atoms with E-state index in [4.69, 9.17) is 10.5 Å². The Bertz CT molecular complexity index is 268. The molecule has 0 spiro atoms. The van der Waals surface area contributed by atoms with E-state index >= 15 is 0 Å². The molecule has 1 heterocycles. The van der Waals surface area contributed by atoms with Crippen molar-refractivity contribution in [2.75, 3.05) is 18.9 Å². The van der Waals surface area contributed by atoms with Crippen LogP contribution in [0, 0.1) is 5.92 Å². The molecule has 4 heteroatoms. The second-order valence-electron chi connectivity index (χ2n) is 3.50. The molecular formula is C9H15N3O. The molecule has 0 atom stereocenters. The normalized spacial score (nSPS) is 16.3. The topological polar surface area (TPSA) is 53.1 Å². The van der Waals surface area contributed by atoms with Crippen molar-refractivity contribution >= 4 is 5.95 Å². The molecular weight excluding hydrogens is 166 g/mol. The van der Waals surface area contributed by atoms with Gasteiger partial charge in [-0.15, -0.1) is 0 Å². The second kappa shape index (κ2) is 3.79. The molecule has 2 rings (SSSR count). The van der Waals surface area contributed by atoms with Gasteiger partial charge < -0.3 is 15.0 Å².